The molecule has 0 atom stereocenters. The molecule has 0 spiro atoms. The highest BCUT2D eigenvalue weighted by Crippen LogP contribution is 2.26. The van der Waals surface area contributed by atoms with Gasteiger partial charge in [0.2, 0.25) is 5.89 Å². The molecule has 0 bridgehead atoms. The van der Waals surface area contributed by atoms with E-state index < -0.39 is 0 Å². The van der Waals surface area contributed by atoms with E-state index in [0.29, 0.717) is 18.4 Å². The van der Waals surface area contributed by atoms with Crippen LogP contribution in [0, 0.1) is 12.8 Å². The van der Waals surface area contributed by atoms with E-state index in [2.05, 4.69) is 24.1 Å². The zero-order valence-corrected chi connectivity index (χ0v) is 12.3. The van der Waals surface area contributed by atoms with Crippen LogP contribution in [0.2, 0.25) is 5.02 Å². The molecule has 2 rings (SSSR count). The van der Waals surface area contributed by atoms with E-state index in [0.717, 1.165) is 28.5 Å². The maximum Gasteiger partial charge on any atom is 0.208 e. The van der Waals surface area contributed by atoms with Gasteiger partial charge in [0, 0.05) is 10.6 Å². The summed E-state index contributed by atoms with van der Waals surface area (Å²) in [4.78, 5) is 4.29. The SMILES string of the molecule is Cc1cc(Cl)ccc1-c1cnc(CNCC(C)C)o1. The molecule has 1 aromatic heterocycles. The first kappa shape index (κ1) is 14.1. The van der Waals surface area contributed by atoms with Crippen molar-refractivity contribution in [2.75, 3.05) is 6.54 Å². The van der Waals surface area contributed by atoms with Crippen LogP contribution in [0.25, 0.3) is 11.3 Å². The van der Waals surface area contributed by atoms with Crippen molar-refractivity contribution in [2.24, 2.45) is 5.92 Å². The third kappa shape index (κ3) is 3.82. The molecule has 19 heavy (non-hydrogen) atoms. The number of rotatable bonds is 5. The molecule has 3 nitrogen and oxygen atoms in total. The normalized spacial score (nSPS) is 11.2. The van der Waals surface area contributed by atoms with Gasteiger partial charge in [-0.3, -0.25) is 0 Å². The summed E-state index contributed by atoms with van der Waals surface area (Å²) in [5.41, 5.74) is 2.12. The first-order valence-corrected chi connectivity index (χ1v) is 6.86. The summed E-state index contributed by atoms with van der Waals surface area (Å²) in [5, 5.41) is 4.05. The first-order chi connectivity index (χ1) is 9.06. The molecule has 0 radical (unpaired) electrons. The fourth-order valence-corrected chi connectivity index (χ4v) is 2.11. The van der Waals surface area contributed by atoms with Gasteiger partial charge in [-0.2, -0.15) is 0 Å². The van der Waals surface area contributed by atoms with Gasteiger partial charge in [-0.15, -0.1) is 0 Å². The summed E-state index contributed by atoms with van der Waals surface area (Å²) in [6.07, 6.45) is 1.77. The van der Waals surface area contributed by atoms with Gasteiger partial charge < -0.3 is 9.73 Å². The minimum absolute atomic E-state index is 0.618. The van der Waals surface area contributed by atoms with Crippen LogP contribution in [-0.2, 0) is 6.54 Å². The molecule has 1 heterocycles. The van der Waals surface area contributed by atoms with Crippen LogP contribution < -0.4 is 5.32 Å². The summed E-state index contributed by atoms with van der Waals surface area (Å²) in [6.45, 7) is 7.97. The summed E-state index contributed by atoms with van der Waals surface area (Å²) < 4.78 is 5.76. The number of hydrogen-bond donors (Lipinski definition) is 1. The Morgan fingerprint density at radius 1 is 1.37 bits per heavy atom. The Bertz CT molecular complexity index is 549. The van der Waals surface area contributed by atoms with E-state index in [-0.39, 0.29) is 0 Å². The zero-order valence-electron chi connectivity index (χ0n) is 11.5. The third-order valence-corrected chi connectivity index (χ3v) is 3.07. The molecule has 0 aliphatic rings. The summed E-state index contributed by atoms with van der Waals surface area (Å²) in [7, 11) is 0. The Kier molecular flexibility index (Phi) is 4.61. The van der Waals surface area contributed by atoms with Crippen LogP contribution in [0.4, 0.5) is 0 Å². The Balaban J connectivity index is 2.08. The van der Waals surface area contributed by atoms with Crippen LogP contribution in [0.15, 0.2) is 28.8 Å². The lowest BCUT2D eigenvalue weighted by atomic mass is 10.1. The second-order valence-corrected chi connectivity index (χ2v) is 5.54. The summed E-state index contributed by atoms with van der Waals surface area (Å²) >= 11 is 5.95. The van der Waals surface area contributed by atoms with Crippen molar-refractivity contribution >= 4 is 11.6 Å². The van der Waals surface area contributed by atoms with Crippen LogP contribution in [-0.4, -0.2) is 11.5 Å². The second kappa shape index (κ2) is 6.22. The molecule has 0 saturated carbocycles. The molecule has 0 aliphatic carbocycles. The summed E-state index contributed by atoms with van der Waals surface area (Å²) in [5.74, 6) is 2.12. The van der Waals surface area contributed by atoms with Crippen molar-refractivity contribution in [1.29, 1.82) is 0 Å². The van der Waals surface area contributed by atoms with Gasteiger partial charge in [-0.05, 0) is 43.1 Å². The average Bonchev–Trinajstić information content (AvgIpc) is 2.77. The van der Waals surface area contributed by atoms with Gasteiger partial charge >= 0.3 is 0 Å². The van der Waals surface area contributed by atoms with Gasteiger partial charge in [0.05, 0.1) is 12.7 Å². The lowest BCUT2D eigenvalue weighted by Crippen LogP contribution is -2.18. The highest BCUT2D eigenvalue weighted by molar-refractivity contribution is 6.30. The van der Waals surface area contributed by atoms with Gasteiger partial charge in [0.25, 0.3) is 0 Å². The lowest BCUT2D eigenvalue weighted by Gasteiger charge is -2.04. The Morgan fingerprint density at radius 3 is 2.84 bits per heavy atom. The molecule has 0 saturated heterocycles. The van der Waals surface area contributed by atoms with Gasteiger partial charge in [-0.1, -0.05) is 25.4 Å². The minimum atomic E-state index is 0.618. The first-order valence-electron chi connectivity index (χ1n) is 6.48. The van der Waals surface area contributed by atoms with Crippen LogP contribution >= 0.6 is 11.6 Å². The molecule has 0 aliphatic heterocycles. The second-order valence-electron chi connectivity index (χ2n) is 5.10. The molecule has 2 aromatic rings. The largest absolute Gasteiger partial charge is 0.439 e. The number of aromatic nitrogens is 1. The summed E-state index contributed by atoms with van der Waals surface area (Å²) in [6, 6.07) is 5.75. The molecule has 102 valence electrons. The number of oxazole rings is 1. The topological polar surface area (TPSA) is 38.1 Å². The smallest absolute Gasteiger partial charge is 0.208 e. The number of benzene rings is 1. The molecule has 0 fully saturated rings. The fourth-order valence-electron chi connectivity index (χ4n) is 1.89. The van der Waals surface area contributed by atoms with Crippen molar-refractivity contribution in [3.05, 3.63) is 40.9 Å². The van der Waals surface area contributed by atoms with Crippen LogP contribution in [0.1, 0.15) is 25.3 Å². The van der Waals surface area contributed by atoms with E-state index in [1.54, 1.807) is 6.20 Å². The van der Waals surface area contributed by atoms with Crippen molar-refractivity contribution in [2.45, 2.75) is 27.3 Å². The van der Waals surface area contributed by atoms with E-state index in [9.17, 15) is 0 Å². The van der Waals surface area contributed by atoms with Crippen molar-refractivity contribution in [3.63, 3.8) is 0 Å². The van der Waals surface area contributed by atoms with Crippen LogP contribution in [0.3, 0.4) is 0 Å². The molecular weight excluding hydrogens is 260 g/mol. The molecule has 4 heteroatoms. The number of hydrogen-bond acceptors (Lipinski definition) is 3. The van der Waals surface area contributed by atoms with Crippen LogP contribution in [0.5, 0.6) is 0 Å². The molecule has 0 amide bonds. The highest BCUT2D eigenvalue weighted by atomic mass is 35.5. The standard InChI is InChI=1S/C15H19ClN2O/c1-10(2)7-17-9-15-18-8-14(19-15)13-5-4-12(16)6-11(13)3/h4-6,8,10,17H,7,9H2,1-3H3. The fraction of sp³-hybridized carbons (Fsp3) is 0.400. The monoisotopic (exact) mass is 278 g/mol. The van der Waals surface area contributed by atoms with Crippen molar-refractivity contribution < 1.29 is 4.42 Å². The Morgan fingerprint density at radius 2 is 2.16 bits per heavy atom. The van der Waals surface area contributed by atoms with Crippen molar-refractivity contribution in [1.82, 2.24) is 10.3 Å². The average molecular weight is 279 g/mol. The van der Waals surface area contributed by atoms with E-state index in [4.69, 9.17) is 16.0 Å². The zero-order chi connectivity index (χ0) is 13.8. The third-order valence-electron chi connectivity index (χ3n) is 2.84. The minimum Gasteiger partial charge on any atom is -0.439 e. The maximum absolute atomic E-state index is 5.95. The van der Waals surface area contributed by atoms with E-state index in [1.807, 2.05) is 25.1 Å². The predicted octanol–water partition coefficient (Wildman–Crippen LogP) is 4.05. The number of halogens is 1. The number of nitrogens with zero attached hydrogens (tertiary/aromatic N) is 1. The Hall–Kier alpha value is -1.32. The van der Waals surface area contributed by atoms with Gasteiger partial charge in [-0.25, -0.2) is 4.98 Å². The lowest BCUT2D eigenvalue weighted by molar-refractivity contribution is 0.459. The van der Waals surface area contributed by atoms with E-state index in [1.165, 1.54) is 0 Å². The quantitative estimate of drug-likeness (QED) is 0.897. The molecule has 1 aromatic carbocycles. The van der Waals surface area contributed by atoms with Gasteiger partial charge in [0.1, 0.15) is 0 Å². The molecular formula is C15H19ClN2O. The maximum atomic E-state index is 5.95. The number of nitrogens with one attached hydrogen (secondary N) is 1. The highest BCUT2D eigenvalue weighted by Gasteiger charge is 2.09. The number of aryl methyl sites for hydroxylation is 1. The van der Waals surface area contributed by atoms with E-state index >= 15 is 0 Å². The Labute approximate surface area is 119 Å². The molecule has 0 unspecified atom stereocenters. The molecule has 1 N–H and O–H groups in total. The predicted molar refractivity (Wildman–Crippen MR) is 78.2 cm³/mol. The van der Waals surface area contributed by atoms with Gasteiger partial charge in [0.15, 0.2) is 5.76 Å². The van der Waals surface area contributed by atoms with Crippen molar-refractivity contribution in [3.8, 4) is 11.3 Å².